The fourth-order valence-corrected chi connectivity index (χ4v) is 1.59. The third kappa shape index (κ3) is 5.49. The molecule has 0 fully saturated rings. The molecule has 2 unspecified atom stereocenters. The molecule has 5 nitrogen and oxygen atoms in total. The van der Waals surface area contributed by atoms with Crippen molar-refractivity contribution in [3.8, 4) is 0 Å². The number of nitrogens with two attached hydrogens (primary N) is 1. The van der Waals surface area contributed by atoms with Crippen LogP contribution in [0.25, 0.3) is 0 Å². The minimum Gasteiger partial charge on any atom is -0.352 e. The molecular weight excluding hydrogens is 230 g/mol. The van der Waals surface area contributed by atoms with Crippen molar-refractivity contribution >= 4 is 11.8 Å². The van der Waals surface area contributed by atoms with Gasteiger partial charge in [0.05, 0.1) is 12.6 Å². The van der Waals surface area contributed by atoms with Crippen molar-refractivity contribution in [3.63, 3.8) is 0 Å². The van der Waals surface area contributed by atoms with E-state index < -0.39 is 6.04 Å². The summed E-state index contributed by atoms with van der Waals surface area (Å²) in [6, 6.07) is -0.448. The van der Waals surface area contributed by atoms with Gasteiger partial charge in [-0.05, 0) is 26.7 Å². The second-order valence-corrected chi connectivity index (χ2v) is 4.99. The molecule has 0 radical (unpaired) electrons. The molecule has 0 saturated carbocycles. The molecule has 0 aliphatic rings. The molecule has 0 aromatic rings. The van der Waals surface area contributed by atoms with E-state index in [-0.39, 0.29) is 30.3 Å². The highest BCUT2D eigenvalue weighted by molar-refractivity contribution is 5.87. The minimum atomic E-state index is -0.526. The normalized spacial score (nSPS) is 14.2. The Balaban J connectivity index is 4.49. The predicted molar refractivity (Wildman–Crippen MR) is 73.0 cm³/mol. The van der Waals surface area contributed by atoms with E-state index in [0.717, 1.165) is 6.42 Å². The first-order chi connectivity index (χ1) is 8.33. The van der Waals surface area contributed by atoms with Gasteiger partial charge < -0.3 is 16.0 Å². The predicted octanol–water partition coefficient (Wildman–Crippen LogP) is 0.733. The molecule has 0 aliphatic heterocycles. The third-order valence-corrected chi connectivity index (χ3v) is 3.02. The van der Waals surface area contributed by atoms with Crippen molar-refractivity contribution in [2.24, 2.45) is 11.7 Å². The first-order valence-electron chi connectivity index (χ1n) is 6.67. The van der Waals surface area contributed by atoms with Crippen LogP contribution in [0.5, 0.6) is 0 Å². The Labute approximate surface area is 110 Å². The van der Waals surface area contributed by atoms with E-state index in [1.807, 2.05) is 34.6 Å². The van der Waals surface area contributed by atoms with Crippen molar-refractivity contribution in [2.75, 3.05) is 13.1 Å². The van der Waals surface area contributed by atoms with Gasteiger partial charge >= 0.3 is 0 Å². The highest BCUT2D eigenvalue weighted by Crippen LogP contribution is 2.08. The van der Waals surface area contributed by atoms with E-state index in [0.29, 0.717) is 6.54 Å². The Bertz CT molecular complexity index is 279. The number of hydrogen-bond donors (Lipinski definition) is 2. The lowest BCUT2D eigenvalue weighted by Gasteiger charge is -2.26. The lowest BCUT2D eigenvalue weighted by molar-refractivity contribution is -0.138. The van der Waals surface area contributed by atoms with Gasteiger partial charge in [-0.1, -0.05) is 20.3 Å². The molecule has 0 heterocycles. The lowest BCUT2D eigenvalue weighted by Crippen LogP contribution is -2.50. The fraction of sp³-hybridized carbons (Fsp3) is 0.846. The van der Waals surface area contributed by atoms with Gasteiger partial charge in [-0.2, -0.15) is 0 Å². The van der Waals surface area contributed by atoms with Crippen LogP contribution in [-0.4, -0.2) is 41.9 Å². The monoisotopic (exact) mass is 257 g/mol. The average molecular weight is 257 g/mol. The van der Waals surface area contributed by atoms with Gasteiger partial charge in [0.1, 0.15) is 0 Å². The van der Waals surface area contributed by atoms with Gasteiger partial charge in [0, 0.05) is 12.6 Å². The van der Waals surface area contributed by atoms with Gasteiger partial charge in [0.2, 0.25) is 11.8 Å². The number of nitrogens with zero attached hydrogens (tertiary/aromatic N) is 1. The molecule has 3 N–H and O–H groups in total. The highest BCUT2D eigenvalue weighted by atomic mass is 16.2. The van der Waals surface area contributed by atoms with Gasteiger partial charge in [0.25, 0.3) is 0 Å². The molecule has 0 saturated heterocycles. The Morgan fingerprint density at radius 1 is 1.22 bits per heavy atom. The maximum atomic E-state index is 12.1. The molecule has 0 aliphatic carbocycles. The van der Waals surface area contributed by atoms with Crippen LogP contribution in [0.3, 0.4) is 0 Å². The lowest BCUT2D eigenvalue weighted by atomic mass is 9.99. The summed E-state index contributed by atoms with van der Waals surface area (Å²) >= 11 is 0. The van der Waals surface area contributed by atoms with Crippen LogP contribution in [0.4, 0.5) is 0 Å². The Hall–Kier alpha value is -1.10. The van der Waals surface area contributed by atoms with E-state index >= 15 is 0 Å². The smallest absolute Gasteiger partial charge is 0.240 e. The summed E-state index contributed by atoms with van der Waals surface area (Å²) < 4.78 is 0. The van der Waals surface area contributed by atoms with Crippen LogP contribution in [0.2, 0.25) is 0 Å². The SMILES string of the molecule is CCC(C)C(N)C(=O)N(CC)CC(=O)NC(C)C. The molecular formula is C13H27N3O2. The second-order valence-electron chi connectivity index (χ2n) is 4.99. The van der Waals surface area contributed by atoms with E-state index in [1.165, 1.54) is 4.90 Å². The van der Waals surface area contributed by atoms with Crippen molar-refractivity contribution in [1.29, 1.82) is 0 Å². The molecule has 5 heteroatoms. The maximum absolute atomic E-state index is 12.1. The topological polar surface area (TPSA) is 75.4 Å². The zero-order chi connectivity index (χ0) is 14.3. The molecule has 0 bridgehead atoms. The summed E-state index contributed by atoms with van der Waals surface area (Å²) in [4.78, 5) is 25.3. The summed E-state index contributed by atoms with van der Waals surface area (Å²) in [5, 5.41) is 2.77. The third-order valence-electron chi connectivity index (χ3n) is 3.02. The summed E-state index contributed by atoms with van der Waals surface area (Å²) in [5.74, 6) is -0.165. The summed E-state index contributed by atoms with van der Waals surface area (Å²) in [7, 11) is 0. The number of hydrogen-bond acceptors (Lipinski definition) is 3. The van der Waals surface area contributed by atoms with Gasteiger partial charge in [-0.25, -0.2) is 0 Å². The molecule has 0 spiro atoms. The molecule has 0 rings (SSSR count). The first-order valence-corrected chi connectivity index (χ1v) is 6.67. The fourth-order valence-electron chi connectivity index (χ4n) is 1.59. The van der Waals surface area contributed by atoms with Crippen molar-refractivity contribution in [3.05, 3.63) is 0 Å². The highest BCUT2D eigenvalue weighted by Gasteiger charge is 2.25. The molecule has 0 aromatic heterocycles. The number of rotatable bonds is 7. The van der Waals surface area contributed by atoms with Crippen LogP contribution in [0, 0.1) is 5.92 Å². The number of carbonyl (C=O) groups excluding carboxylic acids is 2. The quantitative estimate of drug-likeness (QED) is 0.706. The largest absolute Gasteiger partial charge is 0.352 e. The molecule has 106 valence electrons. The van der Waals surface area contributed by atoms with Gasteiger partial charge in [-0.3, -0.25) is 9.59 Å². The van der Waals surface area contributed by atoms with Crippen LogP contribution in [-0.2, 0) is 9.59 Å². The molecule has 18 heavy (non-hydrogen) atoms. The van der Waals surface area contributed by atoms with E-state index in [9.17, 15) is 9.59 Å². The average Bonchev–Trinajstić information content (AvgIpc) is 2.32. The number of nitrogens with one attached hydrogen (secondary N) is 1. The van der Waals surface area contributed by atoms with Crippen molar-refractivity contribution in [1.82, 2.24) is 10.2 Å². The number of carbonyl (C=O) groups is 2. The summed E-state index contributed by atoms with van der Waals surface area (Å²) in [5.41, 5.74) is 5.90. The molecule has 0 aromatic carbocycles. The van der Waals surface area contributed by atoms with Crippen molar-refractivity contribution < 1.29 is 9.59 Å². The second kappa shape index (κ2) is 8.08. The number of likely N-dealkylation sites (N-methyl/N-ethyl adjacent to an activating group) is 1. The van der Waals surface area contributed by atoms with Crippen LogP contribution >= 0.6 is 0 Å². The summed E-state index contributed by atoms with van der Waals surface area (Å²) in [6.07, 6.45) is 0.850. The van der Waals surface area contributed by atoms with Gasteiger partial charge in [0.15, 0.2) is 0 Å². The van der Waals surface area contributed by atoms with Crippen LogP contribution < -0.4 is 11.1 Å². The minimum absolute atomic E-state index is 0.0783. The summed E-state index contributed by atoms with van der Waals surface area (Å²) in [6.45, 7) is 10.2. The van der Waals surface area contributed by atoms with E-state index in [1.54, 1.807) is 0 Å². The Morgan fingerprint density at radius 2 is 1.78 bits per heavy atom. The van der Waals surface area contributed by atoms with Crippen LogP contribution in [0.15, 0.2) is 0 Å². The number of amides is 2. The first kappa shape index (κ1) is 16.9. The van der Waals surface area contributed by atoms with E-state index in [4.69, 9.17) is 5.73 Å². The van der Waals surface area contributed by atoms with E-state index in [2.05, 4.69) is 5.32 Å². The maximum Gasteiger partial charge on any atom is 0.240 e. The zero-order valence-electron chi connectivity index (χ0n) is 12.2. The Kier molecular flexibility index (Phi) is 7.59. The molecule has 2 atom stereocenters. The van der Waals surface area contributed by atoms with Crippen LogP contribution in [0.1, 0.15) is 41.0 Å². The van der Waals surface area contributed by atoms with Crippen molar-refractivity contribution in [2.45, 2.75) is 53.1 Å². The zero-order valence-corrected chi connectivity index (χ0v) is 12.2. The van der Waals surface area contributed by atoms with Gasteiger partial charge in [-0.15, -0.1) is 0 Å². The Morgan fingerprint density at radius 3 is 2.17 bits per heavy atom. The molecule has 2 amide bonds. The standard InChI is InChI=1S/C13H27N3O2/c1-6-10(5)12(14)13(18)16(7-2)8-11(17)15-9(3)4/h9-10,12H,6-8,14H2,1-5H3,(H,15,17).